The Morgan fingerprint density at radius 1 is 1.05 bits per heavy atom. The van der Waals surface area contributed by atoms with Crippen LogP contribution in [0.4, 0.5) is 11.4 Å². The van der Waals surface area contributed by atoms with Crippen LogP contribution in [0.3, 0.4) is 0 Å². The van der Waals surface area contributed by atoms with E-state index in [4.69, 9.17) is 0 Å². The summed E-state index contributed by atoms with van der Waals surface area (Å²) in [4.78, 5) is 22.9. The zero-order valence-electron chi connectivity index (χ0n) is 11.2. The molecular weight excluding hydrogens is 252 g/mol. The SMILES string of the molecule is CCc1ccccc1NC(=O)c1ccccc1NC=O. The second-order valence-corrected chi connectivity index (χ2v) is 4.27. The Labute approximate surface area is 117 Å². The van der Waals surface area contributed by atoms with E-state index in [1.54, 1.807) is 24.3 Å². The monoisotopic (exact) mass is 268 g/mol. The van der Waals surface area contributed by atoms with E-state index in [9.17, 15) is 9.59 Å². The zero-order chi connectivity index (χ0) is 14.4. The van der Waals surface area contributed by atoms with Gasteiger partial charge in [-0.25, -0.2) is 0 Å². The van der Waals surface area contributed by atoms with Crippen LogP contribution in [-0.4, -0.2) is 12.3 Å². The smallest absolute Gasteiger partial charge is 0.257 e. The van der Waals surface area contributed by atoms with Crippen molar-refractivity contribution in [2.75, 3.05) is 10.6 Å². The van der Waals surface area contributed by atoms with Gasteiger partial charge in [0.25, 0.3) is 5.91 Å². The number of carbonyl (C=O) groups excluding carboxylic acids is 2. The highest BCUT2D eigenvalue weighted by Crippen LogP contribution is 2.19. The molecular formula is C16H16N2O2. The number of nitrogens with one attached hydrogen (secondary N) is 2. The normalized spacial score (nSPS) is 9.85. The van der Waals surface area contributed by atoms with Crippen LogP contribution in [-0.2, 0) is 11.2 Å². The lowest BCUT2D eigenvalue weighted by molar-refractivity contribution is -0.105. The summed E-state index contributed by atoms with van der Waals surface area (Å²) in [6, 6.07) is 14.6. The summed E-state index contributed by atoms with van der Waals surface area (Å²) < 4.78 is 0. The molecule has 2 amide bonds. The van der Waals surface area contributed by atoms with Gasteiger partial charge in [-0.1, -0.05) is 37.3 Å². The van der Waals surface area contributed by atoms with Crippen molar-refractivity contribution in [3.63, 3.8) is 0 Å². The molecule has 0 saturated heterocycles. The zero-order valence-corrected chi connectivity index (χ0v) is 11.2. The minimum Gasteiger partial charge on any atom is -0.328 e. The molecule has 0 atom stereocenters. The van der Waals surface area contributed by atoms with Crippen LogP contribution in [0.5, 0.6) is 0 Å². The molecule has 102 valence electrons. The molecule has 0 fully saturated rings. The van der Waals surface area contributed by atoms with Crippen molar-refractivity contribution in [1.29, 1.82) is 0 Å². The number of benzene rings is 2. The van der Waals surface area contributed by atoms with E-state index in [2.05, 4.69) is 10.6 Å². The van der Waals surface area contributed by atoms with Crippen LogP contribution in [0.25, 0.3) is 0 Å². The van der Waals surface area contributed by atoms with Crippen LogP contribution in [0, 0.1) is 0 Å². The lowest BCUT2D eigenvalue weighted by Gasteiger charge is -2.11. The van der Waals surface area contributed by atoms with Gasteiger partial charge < -0.3 is 10.6 Å². The first kappa shape index (κ1) is 13.8. The second kappa shape index (κ2) is 6.52. The highest BCUT2D eigenvalue weighted by Gasteiger charge is 2.12. The van der Waals surface area contributed by atoms with Gasteiger partial charge in [-0.3, -0.25) is 9.59 Å². The maximum Gasteiger partial charge on any atom is 0.257 e. The van der Waals surface area contributed by atoms with E-state index in [0.29, 0.717) is 17.7 Å². The lowest BCUT2D eigenvalue weighted by Crippen LogP contribution is -2.15. The quantitative estimate of drug-likeness (QED) is 0.819. The van der Waals surface area contributed by atoms with Gasteiger partial charge in [0, 0.05) is 5.69 Å². The molecule has 0 aliphatic heterocycles. The lowest BCUT2D eigenvalue weighted by atomic mass is 10.1. The molecule has 2 N–H and O–H groups in total. The minimum absolute atomic E-state index is 0.240. The van der Waals surface area contributed by atoms with Crippen molar-refractivity contribution >= 4 is 23.7 Å². The maximum atomic E-state index is 12.3. The second-order valence-electron chi connectivity index (χ2n) is 4.27. The van der Waals surface area contributed by atoms with Crippen molar-refractivity contribution in [2.24, 2.45) is 0 Å². The number of hydrogen-bond donors (Lipinski definition) is 2. The number of anilines is 2. The van der Waals surface area contributed by atoms with E-state index >= 15 is 0 Å². The molecule has 0 aromatic heterocycles. The molecule has 4 heteroatoms. The summed E-state index contributed by atoms with van der Waals surface area (Å²) >= 11 is 0. The first-order valence-corrected chi connectivity index (χ1v) is 6.44. The third-order valence-electron chi connectivity index (χ3n) is 3.03. The molecule has 0 heterocycles. The van der Waals surface area contributed by atoms with E-state index in [1.165, 1.54) is 0 Å². The van der Waals surface area contributed by atoms with Gasteiger partial charge in [0.15, 0.2) is 0 Å². The van der Waals surface area contributed by atoms with Crippen molar-refractivity contribution in [3.8, 4) is 0 Å². The van der Waals surface area contributed by atoms with Gasteiger partial charge in [-0.05, 0) is 30.2 Å². The summed E-state index contributed by atoms with van der Waals surface area (Å²) in [6.45, 7) is 2.03. The molecule has 0 aliphatic rings. The predicted octanol–water partition coefficient (Wildman–Crippen LogP) is 3.07. The van der Waals surface area contributed by atoms with Gasteiger partial charge in [-0.2, -0.15) is 0 Å². The van der Waals surface area contributed by atoms with Crippen LogP contribution < -0.4 is 10.6 Å². The number of hydrogen-bond acceptors (Lipinski definition) is 2. The molecule has 0 radical (unpaired) electrons. The van der Waals surface area contributed by atoms with Crippen molar-refractivity contribution in [1.82, 2.24) is 0 Å². The van der Waals surface area contributed by atoms with Crippen molar-refractivity contribution in [2.45, 2.75) is 13.3 Å². The number of carbonyl (C=O) groups is 2. The van der Waals surface area contributed by atoms with E-state index in [-0.39, 0.29) is 5.91 Å². The van der Waals surface area contributed by atoms with Crippen molar-refractivity contribution < 1.29 is 9.59 Å². The molecule has 0 saturated carbocycles. The van der Waals surface area contributed by atoms with Crippen molar-refractivity contribution in [3.05, 3.63) is 59.7 Å². The van der Waals surface area contributed by atoms with Gasteiger partial charge in [0.05, 0.1) is 11.3 Å². The molecule has 4 nitrogen and oxygen atoms in total. The number of rotatable bonds is 5. The van der Waals surface area contributed by atoms with Crippen LogP contribution in [0.1, 0.15) is 22.8 Å². The third kappa shape index (κ3) is 3.03. The molecule has 0 aliphatic carbocycles. The van der Waals surface area contributed by atoms with E-state index in [0.717, 1.165) is 17.7 Å². The Morgan fingerprint density at radius 2 is 1.70 bits per heavy atom. The van der Waals surface area contributed by atoms with Gasteiger partial charge in [-0.15, -0.1) is 0 Å². The standard InChI is InChI=1S/C16H16N2O2/c1-2-12-7-3-5-9-14(12)18-16(20)13-8-4-6-10-15(13)17-11-19/h3-11H,2H2,1H3,(H,17,19)(H,18,20). The first-order valence-electron chi connectivity index (χ1n) is 6.44. The molecule has 2 aromatic carbocycles. The summed E-state index contributed by atoms with van der Waals surface area (Å²) in [7, 11) is 0. The summed E-state index contributed by atoms with van der Waals surface area (Å²) in [5.41, 5.74) is 2.79. The van der Waals surface area contributed by atoms with Gasteiger partial charge in [0.1, 0.15) is 0 Å². The fraction of sp³-hybridized carbons (Fsp3) is 0.125. The Bertz CT molecular complexity index is 623. The molecule has 2 aromatic rings. The highest BCUT2D eigenvalue weighted by atomic mass is 16.2. The first-order chi connectivity index (χ1) is 9.76. The molecule has 0 spiro atoms. The third-order valence-corrected chi connectivity index (χ3v) is 3.03. The van der Waals surface area contributed by atoms with E-state index < -0.39 is 0 Å². The van der Waals surface area contributed by atoms with E-state index in [1.807, 2.05) is 31.2 Å². The Balaban J connectivity index is 2.26. The van der Waals surface area contributed by atoms with Crippen LogP contribution in [0.2, 0.25) is 0 Å². The predicted molar refractivity (Wildman–Crippen MR) is 79.9 cm³/mol. The average Bonchev–Trinajstić information content (AvgIpc) is 2.48. The molecule has 0 bridgehead atoms. The Kier molecular flexibility index (Phi) is 4.50. The Morgan fingerprint density at radius 3 is 2.40 bits per heavy atom. The molecule has 20 heavy (non-hydrogen) atoms. The van der Waals surface area contributed by atoms with Gasteiger partial charge >= 0.3 is 0 Å². The minimum atomic E-state index is -0.240. The van der Waals surface area contributed by atoms with Crippen LogP contribution in [0.15, 0.2) is 48.5 Å². The topological polar surface area (TPSA) is 58.2 Å². The van der Waals surface area contributed by atoms with Crippen LogP contribution >= 0.6 is 0 Å². The summed E-state index contributed by atoms with van der Waals surface area (Å²) in [6.07, 6.45) is 1.40. The summed E-state index contributed by atoms with van der Waals surface area (Å²) in [5.74, 6) is -0.240. The number of aryl methyl sites for hydroxylation is 1. The molecule has 0 unspecified atom stereocenters. The average molecular weight is 268 g/mol. The maximum absolute atomic E-state index is 12.3. The number of amides is 2. The van der Waals surface area contributed by atoms with Gasteiger partial charge in [0.2, 0.25) is 6.41 Å². The fourth-order valence-corrected chi connectivity index (χ4v) is 2.01. The fourth-order valence-electron chi connectivity index (χ4n) is 2.01. The Hall–Kier alpha value is -2.62. The highest BCUT2D eigenvalue weighted by molar-refractivity contribution is 6.09. The summed E-state index contributed by atoms with van der Waals surface area (Å²) in [5, 5.41) is 5.41. The number of para-hydroxylation sites is 2. The molecule has 2 rings (SSSR count). The largest absolute Gasteiger partial charge is 0.328 e.